The third kappa shape index (κ3) is 3.01. The fourth-order valence-electron chi connectivity index (χ4n) is 1.84. The molecule has 0 saturated carbocycles. The number of nitrogens with zero attached hydrogens (tertiary/aromatic N) is 1. The van der Waals surface area contributed by atoms with Crippen molar-refractivity contribution in [1.82, 2.24) is 4.57 Å². The quantitative estimate of drug-likeness (QED) is 0.868. The SMILES string of the molecule is CCn1cc(N)cc1C(=O)OCc1cccc(F)c1Br. The van der Waals surface area contributed by atoms with Gasteiger partial charge in [-0.05, 0) is 35.0 Å². The summed E-state index contributed by atoms with van der Waals surface area (Å²) in [7, 11) is 0. The zero-order chi connectivity index (χ0) is 14.7. The summed E-state index contributed by atoms with van der Waals surface area (Å²) in [6.07, 6.45) is 1.68. The van der Waals surface area contributed by atoms with Crippen molar-refractivity contribution in [3.63, 3.8) is 0 Å². The molecule has 1 aromatic heterocycles. The Morgan fingerprint density at radius 2 is 2.25 bits per heavy atom. The fourth-order valence-corrected chi connectivity index (χ4v) is 2.22. The lowest BCUT2D eigenvalue weighted by atomic mass is 10.2. The van der Waals surface area contributed by atoms with Gasteiger partial charge in [-0.3, -0.25) is 0 Å². The number of ether oxygens (including phenoxy) is 1. The molecule has 0 atom stereocenters. The van der Waals surface area contributed by atoms with Gasteiger partial charge in [0.05, 0.1) is 10.2 Å². The van der Waals surface area contributed by atoms with Gasteiger partial charge >= 0.3 is 5.97 Å². The molecule has 106 valence electrons. The summed E-state index contributed by atoms with van der Waals surface area (Å²) < 4.78 is 20.5. The van der Waals surface area contributed by atoms with Crippen molar-refractivity contribution in [3.05, 3.63) is 52.0 Å². The van der Waals surface area contributed by atoms with Crippen LogP contribution in [0, 0.1) is 5.82 Å². The number of benzene rings is 1. The minimum atomic E-state index is -0.486. The van der Waals surface area contributed by atoms with Gasteiger partial charge in [0.15, 0.2) is 0 Å². The maximum Gasteiger partial charge on any atom is 0.355 e. The first kappa shape index (κ1) is 14.6. The van der Waals surface area contributed by atoms with Crippen molar-refractivity contribution < 1.29 is 13.9 Å². The van der Waals surface area contributed by atoms with Crippen LogP contribution < -0.4 is 5.73 Å². The molecule has 2 aromatic rings. The third-order valence-electron chi connectivity index (χ3n) is 2.86. The summed E-state index contributed by atoms with van der Waals surface area (Å²) in [5.74, 6) is -0.876. The number of hydrogen-bond donors (Lipinski definition) is 1. The van der Waals surface area contributed by atoms with Gasteiger partial charge in [-0.2, -0.15) is 0 Å². The predicted molar refractivity (Wildman–Crippen MR) is 77.7 cm³/mol. The van der Waals surface area contributed by atoms with E-state index in [0.29, 0.717) is 28.0 Å². The summed E-state index contributed by atoms with van der Waals surface area (Å²) in [6.45, 7) is 2.51. The van der Waals surface area contributed by atoms with E-state index in [1.54, 1.807) is 29.0 Å². The number of hydrogen-bond acceptors (Lipinski definition) is 3. The van der Waals surface area contributed by atoms with E-state index in [9.17, 15) is 9.18 Å². The van der Waals surface area contributed by atoms with E-state index in [4.69, 9.17) is 10.5 Å². The van der Waals surface area contributed by atoms with Gasteiger partial charge in [-0.25, -0.2) is 9.18 Å². The number of esters is 1. The van der Waals surface area contributed by atoms with Crippen LogP contribution in [0.1, 0.15) is 23.0 Å². The Bertz CT molecular complexity index is 640. The molecule has 2 N–H and O–H groups in total. The Balaban J connectivity index is 2.10. The van der Waals surface area contributed by atoms with Crippen molar-refractivity contribution >= 4 is 27.6 Å². The molecule has 0 saturated heterocycles. The number of nitrogens with two attached hydrogens (primary N) is 1. The van der Waals surface area contributed by atoms with E-state index in [0.717, 1.165) is 0 Å². The topological polar surface area (TPSA) is 57.2 Å². The summed E-state index contributed by atoms with van der Waals surface area (Å²) in [5.41, 5.74) is 7.12. The lowest BCUT2D eigenvalue weighted by Gasteiger charge is -2.08. The van der Waals surface area contributed by atoms with Crippen LogP contribution in [0.5, 0.6) is 0 Å². The fraction of sp³-hybridized carbons (Fsp3) is 0.214. The molecule has 0 fully saturated rings. The standard InChI is InChI=1S/C14H14BrFN2O2/c1-2-18-7-10(17)6-12(18)14(19)20-8-9-4-3-5-11(16)13(9)15/h3-7H,2,8,17H2,1H3. The Kier molecular flexibility index (Phi) is 4.44. The predicted octanol–water partition coefficient (Wildman–Crippen LogP) is 3.35. The minimum Gasteiger partial charge on any atom is -0.456 e. The van der Waals surface area contributed by atoms with Crippen molar-refractivity contribution in [3.8, 4) is 0 Å². The molecule has 20 heavy (non-hydrogen) atoms. The third-order valence-corrected chi connectivity index (χ3v) is 3.75. The number of aryl methyl sites for hydroxylation is 1. The number of nitrogen functional groups attached to an aromatic ring is 1. The maximum absolute atomic E-state index is 13.3. The molecular weight excluding hydrogens is 327 g/mol. The van der Waals surface area contributed by atoms with Crippen LogP contribution in [0.4, 0.5) is 10.1 Å². The van der Waals surface area contributed by atoms with Gasteiger partial charge in [0.25, 0.3) is 0 Å². The molecule has 4 nitrogen and oxygen atoms in total. The lowest BCUT2D eigenvalue weighted by Crippen LogP contribution is -2.11. The Morgan fingerprint density at radius 1 is 1.50 bits per heavy atom. The molecule has 1 heterocycles. The van der Waals surface area contributed by atoms with Gasteiger partial charge < -0.3 is 15.0 Å². The van der Waals surface area contributed by atoms with Crippen molar-refractivity contribution in [2.75, 3.05) is 5.73 Å². The van der Waals surface area contributed by atoms with Crippen LogP contribution >= 0.6 is 15.9 Å². The summed E-state index contributed by atoms with van der Waals surface area (Å²) in [5, 5.41) is 0. The molecule has 0 aliphatic heterocycles. The van der Waals surface area contributed by atoms with Crippen LogP contribution in [0.25, 0.3) is 0 Å². The summed E-state index contributed by atoms with van der Waals surface area (Å²) in [4.78, 5) is 12.0. The molecule has 0 bridgehead atoms. The van der Waals surface area contributed by atoms with E-state index in [1.165, 1.54) is 6.07 Å². The van der Waals surface area contributed by atoms with Crippen LogP contribution in [0.2, 0.25) is 0 Å². The zero-order valence-corrected chi connectivity index (χ0v) is 12.5. The molecule has 6 heteroatoms. The number of rotatable bonds is 4. The highest BCUT2D eigenvalue weighted by molar-refractivity contribution is 9.10. The van der Waals surface area contributed by atoms with Crippen molar-refractivity contribution in [2.45, 2.75) is 20.1 Å². The Labute approximate surface area is 124 Å². The van der Waals surface area contributed by atoms with E-state index in [1.807, 2.05) is 6.92 Å². The van der Waals surface area contributed by atoms with Crippen molar-refractivity contribution in [1.29, 1.82) is 0 Å². The normalized spacial score (nSPS) is 10.6. The molecule has 0 amide bonds. The van der Waals surface area contributed by atoms with Gasteiger partial charge in [0.2, 0.25) is 0 Å². The van der Waals surface area contributed by atoms with E-state index >= 15 is 0 Å². The molecule has 0 radical (unpaired) electrons. The molecular formula is C14H14BrFN2O2. The van der Waals surface area contributed by atoms with Gasteiger partial charge in [0.1, 0.15) is 18.1 Å². The average molecular weight is 341 g/mol. The Morgan fingerprint density at radius 3 is 2.95 bits per heavy atom. The van der Waals surface area contributed by atoms with Crippen molar-refractivity contribution in [2.24, 2.45) is 0 Å². The van der Waals surface area contributed by atoms with Gasteiger partial charge in [-0.15, -0.1) is 0 Å². The first-order valence-electron chi connectivity index (χ1n) is 6.08. The highest BCUT2D eigenvalue weighted by Gasteiger charge is 2.15. The Hall–Kier alpha value is -1.82. The molecule has 2 rings (SSSR count). The maximum atomic E-state index is 13.3. The van der Waals surface area contributed by atoms with Crippen LogP contribution in [0.3, 0.4) is 0 Å². The first-order chi connectivity index (χ1) is 9.52. The highest BCUT2D eigenvalue weighted by atomic mass is 79.9. The summed E-state index contributed by atoms with van der Waals surface area (Å²) >= 11 is 3.13. The number of carbonyl (C=O) groups is 1. The molecule has 0 aliphatic carbocycles. The second kappa shape index (κ2) is 6.09. The summed E-state index contributed by atoms with van der Waals surface area (Å²) in [6, 6.07) is 6.15. The molecule has 0 unspecified atom stereocenters. The van der Waals surface area contributed by atoms with Crippen LogP contribution in [-0.4, -0.2) is 10.5 Å². The number of carbonyl (C=O) groups excluding carboxylic acids is 1. The zero-order valence-electron chi connectivity index (χ0n) is 10.9. The van der Waals surface area contributed by atoms with E-state index in [-0.39, 0.29) is 12.4 Å². The van der Waals surface area contributed by atoms with Gasteiger partial charge in [-0.1, -0.05) is 12.1 Å². The minimum absolute atomic E-state index is 0.00796. The molecule has 0 spiro atoms. The number of anilines is 1. The van der Waals surface area contributed by atoms with E-state index in [2.05, 4.69) is 15.9 Å². The first-order valence-corrected chi connectivity index (χ1v) is 6.88. The number of aromatic nitrogens is 1. The smallest absolute Gasteiger partial charge is 0.355 e. The number of halogens is 2. The largest absolute Gasteiger partial charge is 0.456 e. The monoisotopic (exact) mass is 340 g/mol. The molecule has 0 aliphatic rings. The molecule has 1 aromatic carbocycles. The second-order valence-corrected chi connectivity index (χ2v) is 5.03. The van der Waals surface area contributed by atoms with Crippen LogP contribution in [0.15, 0.2) is 34.9 Å². The van der Waals surface area contributed by atoms with E-state index < -0.39 is 5.97 Å². The van der Waals surface area contributed by atoms with Gasteiger partial charge in [0, 0.05) is 18.3 Å². The lowest BCUT2D eigenvalue weighted by molar-refractivity contribution is 0.0459. The van der Waals surface area contributed by atoms with Crippen LogP contribution in [-0.2, 0) is 17.9 Å². The average Bonchev–Trinajstić information content (AvgIpc) is 2.81. The second-order valence-electron chi connectivity index (χ2n) is 4.23. The highest BCUT2D eigenvalue weighted by Crippen LogP contribution is 2.21.